The minimum atomic E-state index is -4.57. The monoisotopic (exact) mass is 443 g/mol. The number of halogens is 3. The van der Waals surface area contributed by atoms with Gasteiger partial charge in [-0.3, -0.25) is 9.78 Å². The standard InChI is InChI=1S/C21H16F3N5OS/c22-21(23,24)18-10-16(17-2-1-9-31-17)26-19-11-15(27-29(18)19)14-5-8-28(12-14)20(30)13-3-6-25-7-4-13/h1-4,6-7,9-11,14H,5,8,12H2/t14-/m1/s1. The van der Waals surface area contributed by atoms with Crippen LogP contribution in [0.2, 0.25) is 0 Å². The van der Waals surface area contributed by atoms with Gasteiger partial charge in [-0.1, -0.05) is 6.07 Å². The molecule has 0 radical (unpaired) electrons. The van der Waals surface area contributed by atoms with Crippen LogP contribution in [0.5, 0.6) is 0 Å². The fourth-order valence-corrected chi connectivity index (χ4v) is 4.49. The number of thiophene rings is 1. The molecular weight excluding hydrogens is 427 g/mol. The highest BCUT2D eigenvalue weighted by Gasteiger charge is 2.36. The van der Waals surface area contributed by atoms with E-state index in [-0.39, 0.29) is 23.2 Å². The van der Waals surface area contributed by atoms with Crippen molar-refractivity contribution in [2.24, 2.45) is 0 Å². The van der Waals surface area contributed by atoms with Crippen molar-refractivity contribution in [3.8, 4) is 10.6 Å². The molecule has 0 N–H and O–H groups in total. The second kappa shape index (κ2) is 7.45. The number of amides is 1. The Bertz CT molecular complexity index is 1240. The highest BCUT2D eigenvalue weighted by atomic mass is 32.1. The number of hydrogen-bond donors (Lipinski definition) is 0. The molecule has 0 aromatic carbocycles. The van der Waals surface area contributed by atoms with Crippen LogP contribution in [0.1, 0.15) is 34.1 Å². The first-order valence-corrected chi connectivity index (χ1v) is 10.5. The van der Waals surface area contributed by atoms with Crippen LogP contribution < -0.4 is 0 Å². The lowest BCUT2D eigenvalue weighted by molar-refractivity contribution is -0.142. The van der Waals surface area contributed by atoms with Crippen molar-refractivity contribution >= 4 is 22.9 Å². The molecule has 1 aliphatic rings. The number of pyridine rings is 1. The second-order valence-electron chi connectivity index (χ2n) is 7.31. The molecule has 0 spiro atoms. The summed E-state index contributed by atoms with van der Waals surface area (Å²) < 4.78 is 42.1. The van der Waals surface area contributed by atoms with Crippen LogP contribution in [0, 0.1) is 0 Å². The molecule has 1 atom stereocenters. The molecule has 1 amide bonds. The van der Waals surface area contributed by atoms with Crippen molar-refractivity contribution in [2.45, 2.75) is 18.5 Å². The van der Waals surface area contributed by atoms with E-state index < -0.39 is 11.9 Å². The molecule has 0 unspecified atom stereocenters. The van der Waals surface area contributed by atoms with Crippen LogP contribution >= 0.6 is 11.3 Å². The molecular formula is C21H16F3N5OS. The SMILES string of the molecule is O=C(c1ccncc1)N1CC[C@@H](c2cc3nc(-c4cccs4)cc(C(F)(F)F)n3n2)C1. The van der Waals surface area contributed by atoms with E-state index in [1.807, 2.05) is 0 Å². The molecule has 5 heterocycles. The van der Waals surface area contributed by atoms with Crippen LogP contribution in [-0.2, 0) is 6.18 Å². The van der Waals surface area contributed by atoms with Crippen molar-refractivity contribution in [1.82, 2.24) is 24.5 Å². The molecule has 1 aliphatic heterocycles. The Hall–Kier alpha value is -3.27. The van der Waals surface area contributed by atoms with Gasteiger partial charge in [-0.25, -0.2) is 9.50 Å². The van der Waals surface area contributed by atoms with Gasteiger partial charge in [0.15, 0.2) is 11.3 Å². The fourth-order valence-electron chi connectivity index (χ4n) is 3.81. The first-order chi connectivity index (χ1) is 14.9. The van der Waals surface area contributed by atoms with Crippen molar-refractivity contribution in [3.63, 3.8) is 0 Å². The number of carbonyl (C=O) groups is 1. The van der Waals surface area contributed by atoms with Gasteiger partial charge in [0.1, 0.15) is 0 Å². The molecule has 1 saturated heterocycles. The normalized spacial score (nSPS) is 16.9. The Kier molecular flexibility index (Phi) is 4.73. The van der Waals surface area contributed by atoms with E-state index in [9.17, 15) is 18.0 Å². The van der Waals surface area contributed by atoms with E-state index in [1.54, 1.807) is 53.0 Å². The van der Waals surface area contributed by atoms with E-state index in [2.05, 4.69) is 15.1 Å². The largest absolute Gasteiger partial charge is 0.433 e. The Labute approximate surface area is 179 Å². The lowest BCUT2D eigenvalue weighted by Gasteiger charge is -2.15. The van der Waals surface area contributed by atoms with Gasteiger partial charge >= 0.3 is 6.18 Å². The summed E-state index contributed by atoms with van der Waals surface area (Å²) in [6.07, 6.45) is -0.841. The maximum absolute atomic E-state index is 13.7. The van der Waals surface area contributed by atoms with E-state index in [0.717, 1.165) is 10.6 Å². The number of carbonyl (C=O) groups excluding carboxylic acids is 1. The van der Waals surface area contributed by atoms with Crippen LogP contribution in [0.4, 0.5) is 13.2 Å². The minimum absolute atomic E-state index is 0.122. The average Bonchev–Trinajstić information content (AvgIpc) is 3.52. The molecule has 6 nitrogen and oxygen atoms in total. The molecule has 1 fully saturated rings. The summed E-state index contributed by atoms with van der Waals surface area (Å²) in [6, 6.07) is 9.42. The van der Waals surface area contributed by atoms with E-state index in [1.165, 1.54) is 11.3 Å². The predicted octanol–water partition coefficient (Wildman–Crippen LogP) is 4.50. The number of hydrogen-bond acceptors (Lipinski definition) is 5. The summed E-state index contributed by atoms with van der Waals surface area (Å²) in [7, 11) is 0. The number of rotatable bonds is 3. The zero-order valence-electron chi connectivity index (χ0n) is 16.1. The van der Waals surface area contributed by atoms with Crippen LogP contribution in [0.15, 0.2) is 54.2 Å². The molecule has 4 aromatic rings. The third-order valence-electron chi connectivity index (χ3n) is 5.33. The third-order valence-corrected chi connectivity index (χ3v) is 6.22. The second-order valence-corrected chi connectivity index (χ2v) is 8.26. The van der Waals surface area contributed by atoms with Gasteiger partial charge in [0.05, 0.1) is 16.3 Å². The molecule has 31 heavy (non-hydrogen) atoms. The third kappa shape index (κ3) is 3.67. The first kappa shape index (κ1) is 19.7. The van der Waals surface area contributed by atoms with Crippen LogP contribution in [-0.4, -0.2) is 43.5 Å². The number of nitrogens with zero attached hydrogens (tertiary/aromatic N) is 5. The topological polar surface area (TPSA) is 63.4 Å². The predicted molar refractivity (Wildman–Crippen MR) is 109 cm³/mol. The molecule has 0 aliphatic carbocycles. The van der Waals surface area contributed by atoms with Gasteiger partial charge in [0, 0.05) is 43.0 Å². The van der Waals surface area contributed by atoms with Gasteiger partial charge in [-0.05, 0) is 36.1 Å². The Morgan fingerprint density at radius 2 is 1.97 bits per heavy atom. The fraction of sp³-hybridized carbons (Fsp3) is 0.238. The first-order valence-electron chi connectivity index (χ1n) is 9.61. The van der Waals surface area contributed by atoms with E-state index in [0.29, 0.717) is 35.6 Å². The summed E-state index contributed by atoms with van der Waals surface area (Å²) in [5, 5.41) is 6.03. The molecule has 0 bridgehead atoms. The van der Waals surface area contributed by atoms with Gasteiger partial charge < -0.3 is 4.90 Å². The zero-order chi connectivity index (χ0) is 21.6. The highest BCUT2D eigenvalue weighted by molar-refractivity contribution is 7.13. The minimum Gasteiger partial charge on any atom is -0.338 e. The smallest absolute Gasteiger partial charge is 0.338 e. The number of aromatic nitrogens is 4. The molecule has 5 rings (SSSR count). The Morgan fingerprint density at radius 3 is 2.68 bits per heavy atom. The van der Waals surface area contributed by atoms with Crippen LogP contribution in [0.3, 0.4) is 0 Å². The lowest BCUT2D eigenvalue weighted by atomic mass is 10.1. The summed E-state index contributed by atoms with van der Waals surface area (Å²) in [4.78, 5) is 23.3. The van der Waals surface area contributed by atoms with Crippen LogP contribution in [0.25, 0.3) is 16.2 Å². The van der Waals surface area contributed by atoms with E-state index >= 15 is 0 Å². The Morgan fingerprint density at radius 1 is 1.16 bits per heavy atom. The van der Waals surface area contributed by atoms with Gasteiger partial charge in [0.25, 0.3) is 5.91 Å². The molecule has 0 saturated carbocycles. The van der Waals surface area contributed by atoms with Gasteiger partial charge in [-0.2, -0.15) is 18.3 Å². The molecule has 10 heteroatoms. The quantitative estimate of drug-likeness (QED) is 0.468. The number of fused-ring (bicyclic) bond motifs is 1. The van der Waals surface area contributed by atoms with Crippen molar-refractivity contribution in [1.29, 1.82) is 0 Å². The highest BCUT2D eigenvalue weighted by Crippen LogP contribution is 2.35. The van der Waals surface area contributed by atoms with E-state index in [4.69, 9.17) is 0 Å². The zero-order valence-corrected chi connectivity index (χ0v) is 16.9. The molecule has 158 valence electrons. The maximum atomic E-state index is 13.7. The van der Waals surface area contributed by atoms with Crippen molar-refractivity contribution in [2.75, 3.05) is 13.1 Å². The van der Waals surface area contributed by atoms with Gasteiger partial charge in [0.2, 0.25) is 0 Å². The number of likely N-dealkylation sites (tertiary alicyclic amines) is 1. The van der Waals surface area contributed by atoms with Crippen molar-refractivity contribution in [3.05, 3.63) is 71.1 Å². The lowest BCUT2D eigenvalue weighted by Crippen LogP contribution is -2.28. The molecule has 4 aromatic heterocycles. The maximum Gasteiger partial charge on any atom is 0.433 e. The summed E-state index contributed by atoms with van der Waals surface area (Å²) in [6.45, 7) is 0.907. The summed E-state index contributed by atoms with van der Waals surface area (Å²) in [5.74, 6) is -0.276. The number of alkyl halides is 3. The average molecular weight is 443 g/mol. The van der Waals surface area contributed by atoms with Gasteiger partial charge in [-0.15, -0.1) is 11.3 Å². The van der Waals surface area contributed by atoms with Crippen molar-refractivity contribution < 1.29 is 18.0 Å². The Balaban J connectivity index is 1.48. The summed E-state index contributed by atoms with van der Waals surface area (Å²) in [5.41, 5.74) is 0.586. The summed E-state index contributed by atoms with van der Waals surface area (Å²) >= 11 is 1.33.